The number of aromatic nitrogens is 7. The van der Waals surface area contributed by atoms with Gasteiger partial charge in [-0.15, -0.1) is 0 Å². The zero-order chi connectivity index (χ0) is 26.9. The van der Waals surface area contributed by atoms with E-state index in [0.29, 0.717) is 57.3 Å². The van der Waals surface area contributed by atoms with Crippen molar-refractivity contribution in [3.63, 3.8) is 0 Å². The van der Waals surface area contributed by atoms with E-state index >= 15 is 0 Å². The molecular weight excluding hydrogens is 499 g/mol. The SMILES string of the molecule is CCCC(=O)Nc1cncc(-c2ccc3[nH]nc(-c4nc5nccc(-c6cc(F)cc(OC)c6)c5[nH]4)c3n2)c1. The first-order valence-corrected chi connectivity index (χ1v) is 12.3. The van der Waals surface area contributed by atoms with Crippen LogP contribution in [0.5, 0.6) is 5.75 Å². The number of pyridine rings is 3. The van der Waals surface area contributed by atoms with Gasteiger partial charge in [-0.05, 0) is 48.4 Å². The van der Waals surface area contributed by atoms with Gasteiger partial charge in [-0.25, -0.2) is 19.3 Å². The molecule has 0 aliphatic carbocycles. The monoisotopic (exact) mass is 522 g/mol. The lowest BCUT2D eigenvalue weighted by atomic mass is 10.1. The summed E-state index contributed by atoms with van der Waals surface area (Å²) < 4.78 is 19.5. The van der Waals surface area contributed by atoms with Crippen LogP contribution in [0, 0.1) is 5.82 Å². The number of ether oxygens (including phenoxy) is 1. The van der Waals surface area contributed by atoms with Gasteiger partial charge >= 0.3 is 0 Å². The number of hydrogen-bond acceptors (Lipinski definition) is 7. The maximum absolute atomic E-state index is 14.2. The number of rotatable bonds is 7. The van der Waals surface area contributed by atoms with Gasteiger partial charge in [-0.3, -0.25) is 14.9 Å². The minimum absolute atomic E-state index is 0.0634. The van der Waals surface area contributed by atoms with Gasteiger partial charge in [0.15, 0.2) is 17.2 Å². The maximum atomic E-state index is 14.2. The van der Waals surface area contributed by atoms with E-state index in [0.717, 1.165) is 23.1 Å². The highest BCUT2D eigenvalue weighted by molar-refractivity contribution is 5.95. The molecule has 0 atom stereocenters. The van der Waals surface area contributed by atoms with Crippen LogP contribution >= 0.6 is 0 Å². The molecule has 5 heterocycles. The molecule has 3 N–H and O–H groups in total. The Bertz CT molecular complexity index is 1840. The Morgan fingerprint density at radius 1 is 1.08 bits per heavy atom. The molecule has 5 aromatic heterocycles. The van der Waals surface area contributed by atoms with Crippen molar-refractivity contribution in [1.82, 2.24) is 35.1 Å². The Labute approximate surface area is 221 Å². The second kappa shape index (κ2) is 9.93. The van der Waals surface area contributed by atoms with Crippen molar-refractivity contribution in [2.45, 2.75) is 19.8 Å². The third-order valence-electron chi connectivity index (χ3n) is 6.24. The van der Waals surface area contributed by atoms with Gasteiger partial charge in [-0.1, -0.05) is 6.92 Å². The maximum Gasteiger partial charge on any atom is 0.224 e. The van der Waals surface area contributed by atoms with Gasteiger partial charge in [-0.2, -0.15) is 5.10 Å². The topological polar surface area (TPSA) is 134 Å². The van der Waals surface area contributed by atoms with Crippen molar-refractivity contribution in [2.24, 2.45) is 0 Å². The molecule has 0 aliphatic heterocycles. The molecule has 0 saturated carbocycles. The molecular formula is C28H23FN8O2. The molecule has 0 bridgehead atoms. The fraction of sp³-hybridized carbons (Fsp3) is 0.143. The minimum Gasteiger partial charge on any atom is -0.497 e. The van der Waals surface area contributed by atoms with E-state index in [1.807, 2.05) is 25.1 Å². The number of imidazole rings is 1. The van der Waals surface area contributed by atoms with Crippen LogP contribution in [0.25, 0.3) is 56.1 Å². The molecule has 0 unspecified atom stereocenters. The van der Waals surface area contributed by atoms with Crippen LogP contribution in [0.15, 0.2) is 61.1 Å². The second-order valence-electron chi connectivity index (χ2n) is 8.95. The molecule has 0 aliphatic rings. The van der Waals surface area contributed by atoms with Crippen molar-refractivity contribution in [2.75, 3.05) is 12.4 Å². The number of fused-ring (bicyclic) bond motifs is 2. The lowest BCUT2D eigenvalue weighted by molar-refractivity contribution is -0.116. The summed E-state index contributed by atoms with van der Waals surface area (Å²) in [5.41, 5.74) is 6.26. The fourth-order valence-electron chi connectivity index (χ4n) is 4.42. The summed E-state index contributed by atoms with van der Waals surface area (Å²) in [6.07, 6.45) is 6.11. The average Bonchev–Trinajstić information content (AvgIpc) is 3.56. The number of hydrogen-bond donors (Lipinski definition) is 3. The predicted molar refractivity (Wildman–Crippen MR) is 145 cm³/mol. The number of H-pyrrole nitrogens is 2. The van der Waals surface area contributed by atoms with E-state index in [4.69, 9.17) is 9.72 Å². The van der Waals surface area contributed by atoms with Gasteiger partial charge in [0.2, 0.25) is 5.91 Å². The summed E-state index contributed by atoms with van der Waals surface area (Å²) in [7, 11) is 1.49. The van der Waals surface area contributed by atoms with Crippen molar-refractivity contribution >= 4 is 33.8 Å². The standard InChI is InChI=1S/C28H23FN8O2/c1-3-4-23(38)32-18-10-16(13-30-14-18)21-5-6-22-25(33-21)26(37-36-22)28-34-24-20(7-8-31-27(24)35-28)15-9-17(29)12-19(11-15)39-2/h5-14H,3-4H2,1-2H3,(H,32,38)(H,36,37)(H,31,34,35). The molecule has 0 saturated heterocycles. The fourth-order valence-corrected chi connectivity index (χ4v) is 4.42. The second-order valence-corrected chi connectivity index (χ2v) is 8.95. The molecule has 6 rings (SSSR count). The lowest BCUT2D eigenvalue weighted by Crippen LogP contribution is -2.10. The molecule has 10 nitrogen and oxygen atoms in total. The molecule has 39 heavy (non-hydrogen) atoms. The van der Waals surface area contributed by atoms with Crippen LogP contribution in [-0.4, -0.2) is 48.1 Å². The highest BCUT2D eigenvalue weighted by Gasteiger charge is 2.18. The number of carbonyl (C=O) groups excluding carboxylic acids is 1. The van der Waals surface area contributed by atoms with E-state index in [-0.39, 0.29) is 5.91 Å². The van der Waals surface area contributed by atoms with Crippen LogP contribution in [0.1, 0.15) is 19.8 Å². The van der Waals surface area contributed by atoms with Crippen LogP contribution in [0.3, 0.4) is 0 Å². The van der Waals surface area contributed by atoms with Crippen LogP contribution in [0.4, 0.5) is 10.1 Å². The van der Waals surface area contributed by atoms with Gasteiger partial charge in [0.25, 0.3) is 0 Å². The Kier molecular flexibility index (Phi) is 6.16. The first kappa shape index (κ1) is 24.2. The quantitative estimate of drug-likeness (QED) is 0.252. The van der Waals surface area contributed by atoms with Gasteiger partial charge in [0, 0.05) is 36.0 Å². The number of amides is 1. The van der Waals surface area contributed by atoms with E-state index < -0.39 is 5.82 Å². The number of carbonyl (C=O) groups is 1. The number of anilines is 1. The van der Waals surface area contributed by atoms with Crippen molar-refractivity contribution in [3.05, 3.63) is 66.9 Å². The summed E-state index contributed by atoms with van der Waals surface area (Å²) in [6, 6.07) is 11.9. The van der Waals surface area contributed by atoms with E-state index in [9.17, 15) is 9.18 Å². The number of methoxy groups -OCH3 is 1. The van der Waals surface area contributed by atoms with E-state index in [2.05, 4.69) is 35.5 Å². The molecule has 0 fully saturated rings. The Hall–Kier alpha value is -5.19. The number of aromatic amines is 2. The normalized spacial score (nSPS) is 11.3. The summed E-state index contributed by atoms with van der Waals surface area (Å²) in [5.74, 6) is 0.398. The highest BCUT2D eigenvalue weighted by atomic mass is 19.1. The van der Waals surface area contributed by atoms with Gasteiger partial charge < -0.3 is 15.0 Å². The Morgan fingerprint density at radius 2 is 1.97 bits per heavy atom. The third kappa shape index (κ3) is 4.65. The number of nitrogens with one attached hydrogen (secondary N) is 3. The van der Waals surface area contributed by atoms with Crippen molar-refractivity contribution < 1.29 is 13.9 Å². The van der Waals surface area contributed by atoms with Gasteiger partial charge in [0.05, 0.1) is 35.7 Å². The first-order chi connectivity index (χ1) is 19.0. The van der Waals surface area contributed by atoms with Gasteiger partial charge in [0.1, 0.15) is 17.1 Å². The molecule has 11 heteroatoms. The molecule has 1 aromatic carbocycles. The molecule has 6 aromatic rings. The van der Waals surface area contributed by atoms with Crippen molar-refractivity contribution in [1.29, 1.82) is 0 Å². The van der Waals surface area contributed by atoms with Crippen LogP contribution in [0.2, 0.25) is 0 Å². The number of halogens is 1. The van der Waals surface area contributed by atoms with E-state index in [1.165, 1.54) is 19.2 Å². The summed E-state index contributed by atoms with van der Waals surface area (Å²) in [5, 5.41) is 10.3. The smallest absolute Gasteiger partial charge is 0.224 e. The molecule has 194 valence electrons. The zero-order valence-corrected chi connectivity index (χ0v) is 21.1. The predicted octanol–water partition coefficient (Wildman–Crippen LogP) is 5.51. The average molecular weight is 523 g/mol. The Morgan fingerprint density at radius 3 is 2.82 bits per heavy atom. The minimum atomic E-state index is -0.410. The molecule has 1 amide bonds. The van der Waals surface area contributed by atoms with Crippen LogP contribution in [-0.2, 0) is 4.79 Å². The zero-order valence-electron chi connectivity index (χ0n) is 21.1. The summed E-state index contributed by atoms with van der Waals surface area (Å²) >= 11 is 0. The largest absolute Gasteiger partial charge is 0.497 e. The summed E-state index contributed by atoms with van der Waals surface area (Å²) in [6.45, 7) is 1.95. The molecule has 0 radical (unpaired) electrons. The van der Waals surface area contributed by atoms with Crippen molar-refractivity contribution in [3.8, 4) is 39.7 Å². The summed E-state index contributed by atoms with van der Waals surface area (Å²) in [4.78, 5) is 33.5. The third-order valence-corrected chi connectivity index (χ3v) is 6.24. The van der Waals surface area contributed by atoms with E-state index in [1.54, 1.807) is 30.7 Å². The number of nitrogens with zero attached hydrogens (tertiary/aromatic N) is 5. The Balaban J connectivity index is 1.40. The molecule has 0 spiro atoms. The lowest BCUT2D eigenvalue weighted by Gasteiger charge is -2.06. The first-order valence-electron chi connectivity index (χ1n) is 12.3. The van der Waals surface area contributed by atoms with Crippen LogP contribution < -0.4 is 10.1 Å². The highest BCUT2D eigenvalue weighted by Crippen LogP contribution is 2.33. The number of benzene rings is 1.